The van der Waals surface area contributed by atoms with Crippen molar-refractivity contribution in [1.82, 2.24) is 15.1 Å². The maximum atomic E-state index is 5.42. The minimum Gasteiger partial charge on any atom is -0.493 e. The smallest absolute Gasteiger partial charge is 0.161 e. The number of hydrogen-bond donors (Lipinski definition) is 1. The Bertz CT molecular complexity index is 507. The molecular weight excluding hydrogens is 270 g/mol. The van der Waals surface area contributed by atoms with Crippen molar-refractivity contribution in [1.29, 1.82) is 0 Å². The van der Waals surface area contributed by atoms with Crippen LogP contribution in [0.15, 0.2) is 23.7 Å². The minimum atomic E-state index is 0.294. The Hall–Kier alpha value is -1.33. The summed E-state index contributed by atoms with van der Waals surface area (Å²) in [7, 11) is 3.68. The largest absolute Gasteiger partial charge is 0.493 e. The van der Waals surface area contributed by atoms with Crippen molar-refractivity contribution < 1.29 is 4.74 Å². The standard InChI is InChI=1S/C15H23N3OS/c1-4-16-13(9-5-7-12-8-6-10-20-12)15-14(19-3)11-17-18(15)2/h6,8,10-11,13,16H,4-5,7,9H2,1-3H3. The molecule has 2 heterocycles. The van der Waals surface area contributed by atoms with Crippen LogP contribution in [0.2, 0.25) is 0 Å². The highest BCUT2D eigenvalue weighted by Crippen LogP contribution is 2.28. The van der Waals surface area contributed by atoms with E-state index in [4.69, 9.17) is 4.74 Å². The van der Waals surface area contributed by atoms with Crippen molar-refractivity contribution >= 4 is 11.3 Å². The Morgan fingerprint density at radius 2 is 2.35 bits per heavy atom. The van der Waals surface area contributed by atoms with Crippen molar-refractivity contribution in [3.8, 4) is 5.75 Å². The van der Waals surface area contributed by atoms with Crippen molar-refractivity contribution in [3.05, 3.63) is 34.3 Å². The number of nitrogens with one attached hydrogen (secondary N) is 1. The average molecular weight is 293 g/mol. The first-order valence-corrected chi connectivity index (χ1v) is 7.95. The van der Waals surface area contributed by atoms with Crippen LogP contribution in [0.5, 0.6) is 5.75 Å². The highest BCUT2D eigenvalue weighted by Gasteiger charge is 2.19. The maximum Gasteiger partial charge on any atom is 0.161 e. The van der Waals surface area contributed by atoms with E-state index in [1.807, 2.05) is 23.1 Å². The van der Waals surface area contributed by atoms with Gasteiger partial charge in [-0.2, -0.15) is 5.10 Å². The molecule has 1 N–H and O–H groups in total. The first kappa shape index (κ1) is 15.1. The molecule has 1 unspecified atom stereocenters. The molecule has 0 saturated heterocycles. The van der Waals surface area contributed by atoms with Crippen molar-refractivity contribution in [2.24, 2.45) is 7.05 Å². The molecule has 0 aliphatic rings. The molecule has 0 fully saturated rings. The lowest BCUT2D eigenvalue weighted by molar-refractivity contribution is 0.388. The van der Waals surface area contributed by atoms with Crippen LogP contribution in [0.1, 0.15) is 36.4 Å². The number of nitrogens with zero attached hydrogens (tertiary/aromatic N) is 2. The average Bonchev–Trinajstić information content (AvgIpc) is 3.07. The number of rotatable bonds is 8. The van der Waals surface area contributed by atoms with Gasteiger partial charge in [0.25, 0.3) is 0 Å². The number of ether oxygens (including phenoxy) is 1. The molecule has 0 saturated carbocycles. The number of hydrogen-bond acceptors (Lipinski definition) is 4. The molecular formula is C15H23N3OS. The third-order valence-electron chi connectivity index (χ3n) is 3.45. The summed E-state index contributed by atoms with van der Waals surface area (Å²) in [5, 5.41) is 9.99. The summed E-state index contributed by atoms with van der Waals surface area (Å²) in [5.41, 5.74) is 1.14. The highest BCUT2D eigenvalue weighted by atomic mass is 32.1. The van der Waals surface area contributed by atoms with Gasteiger partial charge in [0.1, 0.15) is 0 Å². The second-order valence-corrected chi connectivity index (χ2v) is 5.84. The van der Waals surface area contributed by atoms with E-state index < -0.39 is 0 Å². The van der Waals surface area contributed by atoms with Crippen LogP contribution in [-0.2, 0) is 13.5 Å². The molecule has 2 aromatic rings. The van der Waals surface area contributed by atoms with E-state index >= 15 is 0 Å². The summed E-state index contributed by atoms with van der Waals surface area (Å²) in [6, 6.07) is 4.62. The van der Waals surface area contributed by atoms with E-state index in [1.165, 1.54) is 4.88 Å². The van der Waals surface area contributed by atoms with Gasteiger partial charge in [-0.3, -0.25) is 4.68 Å². The van der Waals surface area contributed by atoms with Gasteiger partial charge in [-0.05, 0) is 37.3 Å². The SMILES string of the molecule is CCNC(CCCc1cccs1)c1c(OC)cnn1C. The highest BCUT2D eigenvalue weighted by molar-refractivity contribution is 7.09. The van der Waals surface area contributed by atoms with Crippen LogP contribution in [0.3, 0.4) is 0 Å². The quantitative estimate of drug-likeness (QED) is 0.812. The van der Waals surface area contributed by atoms with E-state index in [9.17, 15) is 0 Å². The molecule has 0 amide bonds. The van der Waals surface area contributed by atoms with E-state index in [0.29, 0.717) is 6.04 Å². The van der Waals surface area contributed by atoms with Crippen LogP contribution in [0.4, 0.5) is 0 Å². The van der Waals surface area contributed by atoms with E-state index in [2.05, 4.69) is 34.9 Å². The minimum absolute atomic E-state index is 0.294. The van der Waals surface area contributed by atoms with Gasteiger partial charge in [-0.25, -0.2) is 0 Å². The molecule has 0 aliphatic carbocycles. The van der Waals surface area contributed by atoms with Gasteiger partial charge in [-0.1, -0.05) is 13.0 Å². The first-order valence-electron chi connectivity index (χ1n) is 7.08. The summed E-state index contributed by atoms with van der Waals surface area (Å²) < 4.78 is 7.34. The topological polar surface area (TPSA) is 39.1 Å². The van der Waals surface area contributed by atoms with E-state index in [0.717, 1.165) is 37.3 Å². The predicted octanol–water partition coefficient (Wildman–Crippen LogP) is 3.16. The van der Waals surface area contributed by atoms with Gasteiger partial charge < -0.3 is 10.1 Å². The summed E-state index contributed by atoms with van der Waals surface area (Å²) in [4.78, 5) is 1.46. The number of aryl methyl sites for hydroxylation is 2. The predicted molar refractivity (Wildman–Crippen MR) is 83.4 cm³/mol. The van der Waals surface area contributed by atoms with Crippen molar-refractivity contribution in [2.75, 3.05) is 13.7 Å². The Balaban J connectivity index is 2.00. The molecule has 20 heavy (non-hydrogen) atoms. The zero-order valence-electron chi connectivity index (χ0n) is 12.4. The fraction of sp³-hybridized carbons (Fsp3) is 0.533. The van der Waals surface area contributed by atoms with Gasteiger partial charge in [-0.15, -0.1) is 11.3 Å². The lowest BCUT2D eigenvalue weighted by atomic mass is 10.0. The molecule has 2 rings (SSSR count). The zero-order valence-corrected chi connectivity index (χ0v) is 13.2. The number of aromatic nitrogens is 2. The molecule has 110 valence electrons. The lowest BCUT2D eigenvalue weighted by Gasteiger charge is -2.19. The first-order chi connectivity index (χ1) is 9.76. The summed E-state index contributed by atoms with van der Waals surface area (Å²) >= 11 is 1.83. The monoisotopic (exact) mass is 293 g/mol. The molecule has 2 aromatic heterocycles. The second kappa shape index (κ2) is 7.45. The normalized spacial score (nSPS) is 12.6. The molecule has 0 aliphatic heterocycles. The van der Waals surface area contributed by atoms with E-state index in [1.54, 1.807) is 13.3 Å². The van der Waals surface area contributed by atoms with Gasteiger partial charge in [0.2, 0.25) is 0 Å². The lowest BCUT2D eigenvalue weighted by Crippen LogP contribution is -2.23. The fourth-order valence-corrected chi connectivity index (χ4v) is 3.25. The summed E-state index contributed by atoms with van der Waals surface area (Å²) in [5.74, 6) is 0.870. The molecule has 0 aromatic carbocycles. The molecule has 1 atom stereocenters. The molecule has 0 bridgehead atoms. The third kappa shape index (κ3) is 3.61. The third-order valence-corrected chi connectivity index (χ3v) is 4.38. The van der Waals surface area contributed by atoms with Gasteiger partial charge >= 0.3 is 0 Å². The van der Waals surface area contributed by atoms with Crippen LogP contribution < -0.4 is 10.1 Å². The number of methoxy groups -OCH3 is 1. The van der Waals surface area contributed by atoms with Crippen LogP contribution in [0, 0.1) is 0 Å². The van der Waals surface area contributed by atoms with Crippen LogP contribution in [0.25, 0.3) is 0 Å². The Labute approximate surface area is 124 Å². The number of thiophene rings is 1. The molecule has 5 heteroatoms. The zero-order chi connectivity index (χ0) is 14.4. The van der Waals surface area contributed by atoms with Crippen LogP contribution in [-0.4, -0.2) is 23.4 Å². The fourth-order valence-electron chi connectivity index (χ4n) is 2.50. The van der Waals surface area contributed by atoms with Gasteiger partial charge in [0, 0.05) is 11.9 Å². The van der Waals surface area contributed by atoms with Crippen LogP contribution >= 0.6 is 11.3 Å². The van der Waals surface area contributed by atoms with Crippen molar-refractivity contribution in [2.45, 2.75) is 32.2 Å². The van der Waals surface area contributed by atoms with Gasteiger partial charge in [0.15, 0.2) is 5.75 Å². The van der Waals surface area contributed by atoms with E-state index in [-0.39, 0.29) is 0 Å². The second-order valence-electron chi connectivity index (χ2n) is 4.80. The Kier molecular flexibility index (Phi) is 5.61. The molecule has 0 spiro atoms. The Morgan fingerprint density at radius 1 is 1.50 bits per heavy atom. The van der Waals surface area contributed by atoms with Gasteiger partial charge in [0.05, 0.1) is 25.0 Å². The summed E-state index contributed by atoms with van der Waals surface area (Å²) in [6.45, 7) is 3.08. The Morgan fingerprint density at radius 3 is 3.00 bits per heavy atom. The van der Waals surface area contributed by atoms with Crippen molar-refractivity contribution in [3.63, 3.8) is 0 Å². The molecule has 0 radical (unpaired) electrons. The molecule has 4 nitrogen and oxygen atoms in total. The summed E-state index contributed by atoms with van der Waals surface area (Å²) in [6.07, 6.45) is 5.17. The maximum absolute atomic E-state index is 5.42.